The Kier molecular flexibility index (Phi) is 4.81. The number of benzene rings is 2. The second kappa shape index (κ2) is 7.76. The lowest BCUT2D eigenvalue weighted by Crippen LogP contribution is -2.30. The summed E-state index contributed by atoms with van der Waals surface area (Å²) in [5, 5.41) is 4.24. The molecule has 0 spiro atoms. The number of nitrogens with zero attached hydrogens (tertiary/aromatic N) is 3. The predicted molar refractivity (Wildman–Crippen MR) is 125 cm³/mol. The Bertz CT molecular complexity index is 1150. The predicted octanol–water partition coefficient (Wildman–Crippen LogP) is 5.36. The van der Waals surface area contributed by atoms with Gasteiger partial charge < -0.3 is 14.8 Å². The summed E-state index contributed by atoms with van der Waals surface area (Å²) in [6.07, 6.45) is 3.94. The maximum Gasteiger partial charge on any atom is 0.174 e. The molecule has 2 aromatic heterocycles. The van der Waals surface area contributed by atoms with Crippen LogP contribution in [0.3, 0.4) is 0 Å². The average Bonchev–Trinajstić information content (AvgIpc) is 3.40. The van der Waals surface area contributed by atoms with Crippen molar-refractivity contribution in [1.82, 2.24) is 14.9 Å². The number of hydrogen-bond acceptors (Lipinski definition) is 2. The van der Waals surface area contributed by atoms with Crippen LogP contribution in [-0.2, 0) is 0 Å². The first-order valence-corrected chi connectivity index (χ1v) is 10.4. The second-order valence-corrected chi connectivity index (χ2v) is 7.86. The van der Waals surface area contributed by atoms with E-state index in [1.165, 1.54) is 5.56 Å². The van der Waals surface area contributed by atoms with Crippen molar-refractivity contribution in [2.45, 2.75) is 19.0 Å². The number of para-hydroxylation sites is 1. The molecule has 3 heterocycles. The van der Waals surface area contributed by atoms with Crippen LogP contribution in [0.4, 0.5) is 5.69 Å². The molecule has 148 valence electrons. The third-order valence-electron chi connectivity index (χ3n) is 5.53. The molecule has 0 saturated carbocycles. The fraction of sp³-hybridized carbons (Fsp3) is 0.120. The number of hydrogen-bond donors (Lipinski definition) is 1. The van der Waals surface area contributed by atoms with Crippen LogP contribution >= 0.6 is 12.2 Å². The SMILES string of the molecule is Cc1ccc(N2C(=S)N[C@@H](c3ccccn3)[C@@H]2c2cccn2-c2ccccc2)cc1. The number of aromatic nitrogens is 2. The Morgan fingerprint density at radius 3 is 2.33 bits per heavy atom. The maximum atomic E-state index is 5.82. The molecule has 1 aliphatic heterocycles. The molecule has 5 rings (SSSR count). The van der Waals surface area contributed by atoms with Crippen LogP contribution in [0.25, 0.3) is 5.69 Å². The number of thiocarbonyl (C=S) groups is 1. The molecule has 1 saturated heterocycles. The van der Waals surface area contributed by atoms with Gasteiger partial charge in [-0.25, -0.2) is 0 Å². The normalized spacial score (nSPS) is 18.4. The minimum atomic E-state index is -0.0580. The highest BCUT2D eigenvalue weighted by atomic mass is 32.1. The monoisotopic (exact) mass is 410 g/mol. The van der Waals surface area contributed by atoms with Crippen molar-refractivity contribution in [2.75, 3.05) is 4.90 Å². The van der Waals surface area contributed by atoms with Gasteiger partial charge in [0.1, 0.15) is 6.04 Å². The van der Waals surface area contributed by atoms with Gasteiger partial charge in [0.2, 0.25) is 0 Å². The highest BCUT2D eigenvalue weighted by Crippen LogP contribution is 2.42. The molecule has 0 unspecified atom stereocenters. The Labute approximate surface area is 181 Å². The highest BCUT2D eigenvalue weighted by Gasteiger charge is 2.42. The minimum Gasteiger partial charge on any atom is -0.351 e. The van der Waals surface area contributed by atoms with Gasteiger partial charge in [0.05, 0.1) is 11.7 Å². The smallest absolute Gasteiger partial charge is 0.174 e. The van der Waals surface area contributed by atoms with Crippen LogP contribution < -0.4 is 10.2 Å². The maximum absolute atomic E-state index is 5.82. The van der Waals surface area contributed by atoms with E-state index < -0.39 is 0 Å². The first-order valence-electron chi connectivity index (χ1n) is 10.0. The van der Waals surface area contributed by atoms with Crippen LogP contribution in [0.1, 0.15) is 29.0 Å². The zero-order valence-corrected chi connectivity index (χ0v) is 17.5. The van der Waals surface area contributed by atoms with E-state index >= 15 is 0 Å². The third kappa shape index (κ3) is 3.27. The summed E-state index contributed by atoms with van der Waals surface area (Å²) in [7, 11) is 0. The number of nitrogens with one attached hydrogen (secondary N) is 1. The lowest BCUT2D eigenvalue weighted by molar-refractivity contribution is 0.549. The molecule has 4 aromatic rings. The van der Waals surface area contributed by atoms with Crippen molar-refractivity contribution in [3.05, 3.63) is 114 Å². The first-order chi connectivity index (χ1) is 14.7. The zero-order valence-electron chi connectivity index (χ0n) is 16.6. The van der Waals surface area contributed by atoms with E-state index in [4.69, 9.17) is 12.2 Å². The number of pyridine rings is 1. The van der Waals surface area contributed by atoms with E-state index in [-0.39, 0.29) is 12.1 Å². The average molecular weight is 411 g/mol. The highest BCUT2D eigenvalue weighted by molar-refractivity contribution is 7.80. The van der Waals surface area contributed by atoms with Crippen molar-refractivity contribution in [1.29, 1.82) is 0 Å². The van der Waals surface area contributed by atoms with E-state index in [1.54, 1.807) is 0 Å². The molecule has 0 amide bonds. The quantitative estimate of drug-likeness (QED) is 0.459. The van der Waals surface area contributed by atoms with E-state index in [1.807, 2.05) is 24.4 Å². The van der Waals surface area contributed by atoms with E-state index in [2.05, 4.69) is 99.6 Å². The van der Waals surface area contributed by atoms with E-state index in [9.17, 15) is 0 Å². The van der Waals surface area contributed by atoms with Crippen LogP contribution in [0.5, 0.6) is 0 Å². The summed E-state index contributed by atoms with van der Waals surface area (Å²) in [6.45, 7) is 2.10. The standard InChI is InChI=1S/C25H22N4S/c1-18-12-14-20(15-13-18)29-24(23(27-25(29)30)21-10-5-6-16-26-21)22-11-7-17-28(22)19-8-3-2-4-9-19/h2-17,23-24H,1H3,(H,27,30)/t23-,24-/m0/s1. The van der Waals surface area contributed by atoms with Crippen LogP contribution in [0.15, 0.2) is 97.3 Å². The molecule has 5 heteroatoms. The van der Waals surface area contributed by atoms with Gasteiger partial charge in [0.25, 0.3) is 0 Å². The van der Waals surface area contributed by atoms with E-state index in [0.29, 0.717) is 5.11 Å². The fourth-order valence-electron chi connectivity index (χ4n) is 4.10. The summed E-state index contributed by atoms with van der Waals surface area (Å²) >= 11 is 5.82. The lowest BCUT2D eigenvalue weighted by atomic mass is 10.0. The third-order valence-corrected chi connectivity index (χ3v) is 5.84. The van der Waals surface area contributed by atoms with Crippen LogP contribution in [-0.4, -0.2) is 14.7 Å². The molecule has 0 bridgehead atoms. The van der Waals surface area contributed by atoms with Gasteiger partial charge in [0, 0.05) is 29.5 Å². The molecule has 4 nitrogen and oxygen atoms in total. The fourth-order valence-corrected chi connectivity index (χ4v) is 4.44. The molecule has 1 N–H and O–H groups in total. The summed E-state index contributed by atoms with van der Waals surface area (Å²) in [6, 6.07) is 29.1. The lowest BCUT2D eigenvalue weighted by Gasteiger charge is -2.29. The van der Waals surface area contributed by atoms with Crippen molar-refractivity contribution in [2.24, 2.45) is 0 Å². The van der Waals surface area contributed by atoms with Crippen molar-refractivity contribution >= 4 is 23.0 Å². The Hall–Kier alpha value is -3.44. The van der Waals surface area contributed by atoms with Crippen LogP contribution in [0, 0.1) is 6.92 Å². The molecule has 2 atom stereocenters. The zero-order chi connectivity index (χ0) is 20.5. The van der Waals surface area contributed by atoms with Crippen molar-refractivity contribution in [3.8, 4) is 5.69 Å². The topological polar surface area (TPSA) is 33.1 Å². The second-order valence-electron chi connectivity index (χ2n) is 7.47. The van der Waals surface area contributed by atoms with Crippen LogP contribution in [0.2, 0.25) is 0 Å². The van der Waals surface area contributed by atoms with Gasteiger partial charge in [0.15, 0.2) is 5.11 Å². The van der Waals surface area contributed by atoms with Gasteiger partial charge in [-0.05, 0) is 67.7 Å². The van der Waals surface area contributed by atoms with Crippen molar-refractivity contribution < 1.29 is 0 Å². The summed E-state index contributed by atoms with van der Waals surface area (Å²) in [4.78, 5) is 6.85. The van der Waals surface area contributed by atoms with Gasteiger partial charge in [-0.1, -0.05) is 42.0 Å². The molecule has 0 aliphatic carbocycles. The van der Waals surface area contributed by atoms with Gasteiger partial charge in [-0.2, -0.15) is 0 Å². The summed E-state index contributed by atoms with van der Waals surface area (Å²) in [5.74, 6) is 0. The first kappa shape index (κ1) is 18.6. The number of aryl methyl sites for hydroxylation is 1. The Balaban J connectivity index is 1.67. The summed E-state index contributed by atoms with van der Waals surface area (Å²) in [5.41, 5.74) is 5.55. The molecule has 1 fully saturated rings. The van der Waals surface area contributed by atoms with Gasteiger partial charge in [-0.15, -0.1) is 0 Å². The molecular weight excluding hydrogens is 388 g/mol. The molecular formula is C25H22N4S. The van der Waals surface area contributed by atoms with E-state index in [0.717, 1.165) is 22.8 Å². The summed E-state index contributed by atoms with van der Waals surface area (Å²) < 4.78 is 2.23. The Morgan fingerprint density at radius 2 is 1.60 bits per heavy atom. The number of rotatable bonds is 4. The number of anilines is 1. The van der Waals surface area contributed by atoms with Crippen molar-refractivity contribution in [3.63, 3.8) is 0 Å². The molecule has 1 aliphatic rings. The van der Waals surface area contributed by atoms with Gasteiger partial charge >= 0.3 is 0 Å². The molecule has 30 heavy (non-hydrogen) atoms. The largest absolute Gasteiger partial charge is 0.351 e. The molecule has 2 aromatic carbocycles. The Morgan fingerprint density at radius 1 is 0.833 bits per heavy atom. The molecule has 0 radical (unpaired) electrons. The minimum absolute atomic E-state index is 0.0367. The van der Waals surface area contributed by atoms with Gasteiger partial charge in [-0.3, -0.25) is 4.98 Å².